The molecule has 0 spiro atoms. The first kappa shape index (κ1) is 34.2. The molecule has 1 aliphatic heterocycles. The second-order valence-corrected chi connectivity index (χ2v) is 13.2. The van der Waals surface area contributed by atoms with Crippen LogP contribution in [-0.4, -0.2) is 92.5 Å². The molecule has 3 rings (SSSR count). The van der Waals surface area contributed by atoms with Crippen molar-refractivity contribution < 1.29 is 37.0 Å². The maximum Gasteiger partial charge on any atom is 0.323 e. The Bertz CT molecular complexity index is 1340. The summed E-state index contributed by atoms with van der Waals surface area (Å²) < 4.78 is 51.1. The van der Waals surface area contributed by atoms with Gasteiger partial charge in [-0.15, -0.1) is 0 Å². The average Bonchev–Trinajstić information content (AvgIpc) is 2.95. The quantitative estimate of drug-likeness (QED) is 0.422. The number of carbonyl (C=O) groups is 2. The molecule has 43 heavy (non-hydrogen) atoms. The van der Waals surface area contributed by atoms with E-state index in [1.807, 2.05) is 13.8 Å². The molecule has 238 valence electrons. The van der Waals surface area contributed by atoms with Crippen molar-refractivity contribution in [1.29, 1.82) is 0 Å². The molecule has 11 nitrogen and oxygen atoms in total. The van der Waals surface area contributed by atoms with E-state index in [1.54, 1.807) is 19.1 Å². The van der Waals surface area contributed by atoms with Crippen molar-refractivity contribution in [2.75, 3.05) is 50.2 Å². The number of halogens is 1. The number of nitrogens with one attached hydrogen (secondary N) is 2. The first-order valence-electron chi connectivity index (χ1n) is 14.4. The van der Waals surface area contributed by atoms with Crippen molar-refractivity contribution in [2.45, 2.75) is 58.3 Å². The van der Waals surface area contributed by atoms with E-state index in [2.05, 4.69) is 10.6 Å². The predicted molar refractivity (Wildman–Crippen MR) is 163 cm³/mol. The molecule has 0 aliphatic carbocycles. The molecule has 3 amide bonds. The number of anilines is 2. The fourth-order valence-electron chi connectivity index (χ4n) is 4.68. The van der Waals surface area contributed by atoms with E-state index in [4.69, 9.17) is 9.47 Å². The van der Waals surface area contributed by atoms with Crippen LogP contribution in [-0.2, 0) is 14.8 Å². The lowest BCUT2D eigenvalue weighted by atomic mass is 10.0. The molecule has 0 unspecified atom stereocenters. The summed E-state index contributed by atoms with van der Waals surface area (Å²) in [6, 6.07) is 8.91. The van der Waals surface area contributed by atoms with Gasteiger partial charge in [-0.3, -0.25) is 4.79 Å². The minimum Gasteiger partial charge on any atom is -0.490 e. The molecule has 1 heterocycles. The number of nitrogens with zero attached hydrogens (tertiary/aromatic N) is 2. The van der Waals surface area contributed by atoms with Gasteiger partial charge in [-0.25, -0.2) is 21.9 Å². The Morgan fingerprint density at radius 1 is 1.14 bits per heavy atom. The molecule has 1 aliphatic rings. The Hall–Kier alpha value is -3.26. The van der Waals surface area contributed by atoms with E-state index < -0.39 is 39.9 Å². The third-order valence-electron chi connectivity index (χ3n) is 7.41. The zero-order chi connectivity index (χ0) is 31.7. The summed E-state index contributed by atoms with van der Waals surface area (Å²) in [5.74, 6) is -0.811. The van der Waals surface area contributed by atoms with E-state index >= 15 is 0 Å². The molecular weight excluding hydrogens is 579 g/mol. The highest BCUT2D eigenvalue weighted by molar-refractivity contribution is 7.88. The first-order chi connectivity index (χ1) is 20.3. The van der Waals surface area contributed by atoms with E-state index in [0.29, 0.717) is 30.2 Å². The Labute approximate surface area is 253 Å². The molecule has 2 aromatic carbocycles. The Kier molecular flexibility index (Phi) is 12.3. The van der Waals surface area contributed by atoms with Gasteiger partial charge in [-0.1, -0.05) is 6.92 Å². The summed E-state index contributed by atoms with van der Waals surface area (Å²) >= 11 is 0. The van der Waals surface area contributed by atoms with Crippen LogP contribution in [0.3, 0.4) is 0 Å². The number of carbonyl (C=O) groups excluding carboxylic acids is 2. The molecule has 4 atom stereocenters. The van der Waals surface area contributed by atoms with Crippen molar-refractivity contribution in [1.82, 2.24) is 9.21 Å². The van der Waals surface area contributed by atoms with Gasteiger partial charge in [-0.05, 0) is 75.6 Å². The number of sulfonamides is 1. The minimum absolute atomic E-state index is 0.114. The number of amides is 3. The summed E-state index contributed by atoms with van der Waals surface area (Å²) in [5, 5.41) is 15.4. The van der Waals surface area contributed by atoms with Gasteiger partial charge in [-0.2, -0.15) is 0 Å². The molecular formula is C30H43FN4O7S. The molecule has 3 N–H and O–H groups in total. The number of rotatable bonds is 7. The second-order valence-electron chi connectivity index (χ2n) is 11.1. The van der Waals surface area contributed by atoms with Crippen molar-refractivity contribution in [3.63, 3.8) is 0 Å². The molecule has 0 saturated heterocycles. The van der Waals surface area contributed by atoms with Crippen LogP contribution in [0.5, 0.6) is 5.75 Å². The smallest absolute Gasteiger partial charge is 0.323 e. The SMILES string of the molecule is C[C@@H]1CCCCO[C@@H](CN(C)S(C)(=O)=O)[C@H](C)CN([C@H](C)CO)C(=O)c2cc(NC(=O)Nc3ccc(F)cc3)ccc2O1. The number of fused-ring (bicyclic) bond motifs is 1. The van der Waals surface area contributed by atoms with Crippen LogP contribution in [0.1, 0.15) is 50.4 Å². The highest BCUT2D eigenvalue weighted by atomic mass is 32.2. The lowest BCUT2D eigenvalue weighted by molar-refractivity contribution is -0.00828. The second kappa shape index (κ2) is 15.5. The lowest BCUT2D eigenvalue weighted by Gasteiger charge is -2.35. The standard InChI is InChI=1S/C30H43FN4O7S/c1-20-17-35(21(2)19-36)29(37)26-16-25(33-30(38)32-24-11-9-23(31)10-12-24)13-14-27(26)42-22(3)8-6-7-15-41-28(20)18-34(4)43(5,39)40/h9-14,16,20-22,28,36H,6-8,15,17-19H2,1-5H3,(H2,32,33,38)/t20-,21-,22-,28+/m1/s1. The molecule has 13 heteroatoms. The maximum absolute atomic E-state index is 14.1. The number of hydrogen-bond donors (Lipinski definition) is 3. The van der Waals surface area contributed by atoms with Crippen molar-refractivity contribution in [2.24, 2.45) is 5.92 Å². The fourth-order valence-corrected chi connectivity index (χ4v) is 5.10. The monoisotopic (exact) mass is 622 g/mol. The Balaban J connectivity index is 1.94. The third kappa shape index (κ3) is 10.2. The number of likely N-dealkylation sites (N-methyl/N-ethyl adjacent to an activating group) is 1. The molecule has 0 bridgehead atoms. The Morgan fingerprint density at radius 2 is 1.79 bits per heavy atom. The number of benzene rings is 2. The highest BCUT2D eigenvalue weighted by Crippen LogP contribution is 2.28. The summed E-state index contributed by atoms with van der Waals surface area (Å²) in [6.45, 7) is 5.90. The minimum atomic E-state index is -3.46. The molecule has 2 aromatic rings. The first-order valence-corrected chi connectivity index (χ1v) is 16.2. The Morgan fingerprint density at radius 3 is 2.44 bits per heavy atom. The van der Waals surface area contributed by atoms with Crippen LogP contribution < -0.4 is 15.4 Å². The summed E-state index contributed by atoms with van der Waals surface area (Å²) in [6.07, 6.45) is 2.63. The normalized spacial score (nSPS) is 21.3. The fraction of sp³-hybridized carbons (Fsp3) is 0.533. The van der Waals surface area contributed by atoms with Gasteiger partial charge in [0.1, 0.15) is 11.6 Å². The third-order valence-corrected chi connectivity index (χ3v) is 8.70. The van der Waals surface area contributed by atoms with E-state index in [-0.39, 0.29) is 37.3 Å². The van der Waals surface area contributed by atoms with Crippen LogP contribution in [0.15, 0.2) is 42.5 Å². The van der Waals surface area contributed by atoms with Gasteiger partial charge in [0.15, 0.2) is 0 Å². The van der Waals surface area contributed by atoms with Crippen LogP contribution in [0, 0.1) is 11.7 Å². The van der Waals surface area contributed by atoms with E-state index in [1.165, 1.54) is 46.6 Å². The van der Waals surface area contributed by atoms with E-state index in [9.17, 15) is 27.5 Å². The summed E-state index contributed by atoms with van der Waals surface area (Å²) in [4.78, 5) is 28.3. The van der Waals surface area contributed by atoms with Crippen LogP contribution in [0.2, 0.25) is 0 Å². The van der Waals surface area contributed by atoms with Crippen LogP contribution in [0.4, 0.5) is 20.6 Å². The van der Waals surface area contributed by atoms with Gasteiger partial charge in [0.05, 0.1) is 36.7 Å². The van der Waals surface area contributed by atoms with Gasteiger partial charge >= 0.3 is 6.03 Å². The molecule has 0 fully saturated rings. The molecule has 0 saturated carbocycles. The van der Waals surface area contributed by atoms with Gasteiger partial charge in [0, 0.05) is 44.0 Å². The molecule has 0 aromatic heterocycles. The van der Waals surface area contributed by atoms with Crippen molar-refractivity contribution >= 4 is 33.3 Å². The largest absolute Gasteiger partial charge is 0.490 e. The predicted octanol–water partition coefficient (Wildman–Crippen LogP) is 4.16. The number of ether oxygens (including phenoxy) is 2. The van der Waals surface area contributed by atoms with E-state index in [0.717, 1.165) is 19.1 Å². The maximum atomic E-state index is 14.1. The van der Waals surface area contributed by atoms with Gasteiger partial charge < -0.3 is 30.1 Å². The van der Waals surface area contributed by atoms with Gasteiger partial charge in [0.2, 0.25) is 10.0 Å². The van der Waals surface area contributed by atoms with Crippen molar-refractivity contribution in [3.05, 3.63) is 53.8 Å². The van der Waals surface area contributed by atoms with Crippen LogP contribution >= 0.6 is 0 Å². The van der Waals surface area contributed by atoms with Gasteiger partial charge in [0.25, 0.3) is 5.91 Å². The van der Waals surface area contributed by atoms with Crippen LogP contribution in [0.25, 0.3) is 0 Å². The highest BCUT2D eigenvalue weighted by Gasteiger charge is 2.31. The average molecular weight is 623 g/mol. The summed E-state index contributed by atoms with van der Waals surface area (Å²) in [5.41, 5.74) is 0.909. The zero-order valence-corrected chi connectivity index (χ0v) is 26.2. The summed E-state index contributed by atoms with van der Waals surface area (Å²) in [7, 11) is -1.96. The number of aliphatic hydroxyl groups excluding tert-OH is 1. The lowest BCUT2D eigenvalue weighted by Crippen LogP contribution is -2.47. The number of hydrogen-bond acceptors (Lipinski definition) is 7. The van der Waals surface area contributed by atoms with Crippen molar-refractivity contribution in [3.8, 4) is 5.75 Å². The number of aliphatic hydroxyl groups is 1. The topological polar surface area (TPSA) is 138 Å². The number of urea groups is 1. The zero-order valence-electron chi connectivity index (χ0n) is 25.4. The molecule has 0 radical (unpaired) electrons.